The van der Waals surface area contributed by atoms with Crippen molar-refractivity contribution in [2.75, 3.05) is 26.7 Å². The highest BCUT2D eigenvalue weighted by Gasteiger charge is 2.49. The maximum Gasteiger partial charge on any atom is 0.119 e. The number of ether oxygens (including phenoxy) is 1. The Hall–Kier alpha value is -2.04. The van der Waals surface area contributed by atoms with Gasteiger partial charge in [0.25, 0.3) is 0 Å². The van der Waals surface area contributed by atoms with Crippen LogP contribution in [0.2, 0.25) is 0 Å². The SMILES string of the molecule is COc1cccc(C2(O)C[C@H]3CN(CC(C)c4ccc(O)cc4)C[C@H]3C2)c1. The average Bonchev–Trinajstić information content (AvgIpc) is 3.17. The highest BCUT2D eigenvalue weighted by Crippen LogP contribution is 2.49. The van der Waals surface area contributed by atoms with E-state index < -0.39 is 5.60 Å². The summed E-state index contributed by atoms with van der Waals surface area (Å²) >= 11 is 0. The largest absolute Gasteiger partial charge is 0.508 e. The standard InChI is InChI=1S/C23H29NO3/c1-16(17-6-8-21(25)9-7-17)13-24-14-18-11-23(26,12-19(18)15-24)20-4-3-5-22(10-20)27-2/h3-10,16,18-19,25-26H,11-15H2,1-2H3/t16?,18-,19+,23?. The molecule has 1 aliphatic heterocycles. The number of aromatic hydroxyl groups is 1. The van der Waals surface area contributed by atoms with Gasteiger partial charge in [-0.05, 0) is 66.0 Å². The minimum Gasteiger partial charge on any atom is -0.508 e. The molecule has 1 saturated heterocycles. The van der Waals surface area contributed by atoms with Crippen LogP contribution in [-0.4, -0.2) is 41.9 Å². The third-order valence-corrected chi connectivity index (χ3v) is 6.45. The fourth-order valence-corrected chi connectivity index (χ4v) is 5.04. The maximum atomic E-state index is 11.3. The molecule has 4 atom stereocenters. The van der Waals surface area contributed by atoms with Crippen LogP contribution in [0.4, 0.5) is 0 Å². The van der Waals surface area contributed by atoms with Crippen LogP contribution in [0.15, 0.2) is 48.5 Å². The lowest BCUT2D eigenvalue weighted by atomic mass is 9.90. The molecule has 2 aliphatic rings. The monoisotopic (exact) mass is 367 g/mol. The van der Waals surface area contributed by atoms with Crippen molar-refractivity contribution >= 4 is 0 Å². The second kappa shape index (κ2) is 7.17. The maximum absolute atomic E-state index is 11.3. The van der Waals surface area contributed by atoms with Crippen molar-refractivity contribution < 1.29 is 14.9 Å². The van der Waals surface area contributed by atoms with Crippen LogP contribution in [0.25, 0.3) is 0 Å². The molecule has 1 heterocycles. The number of phenolic OH excluding ortho intramolecular Hbond substituents is 1. The fraction of sp³-hybridized carbons (Fsp3) is 0.478. The van der Waals surface area contributed by atoms with Gasteiger partial charge in [0.05, 0.1) is 12.7 Å². The molecule has 2 aromatic carbocycles. The number of hydrogen-bond donors (Lipinski definition) is 2. The molecule has 1 aliphatic carbocycles. The number of nitrogens with zero attached hydrogens (tertiary/aromatic N) is 1. The van der Waals surface area contributed by atoms with E-state index in [1.54, 1.807) is 19.2 Å². The molecule has 4 rings (SSSR count). The molecule has 2 aromatic rings. The first-order valence-electron chi connectivity index (χ1n) is 9.85. The third-order valence-electron chi connectivity index (χ3n) is 6.45. The molecule has 2 unspecified atom stereocenters. The molecule has 4 nitrogen and oxygen atoms in total. The highest BCUT2D eigenvalue weighted by molar-refractivity contribution is 5.33. The van der Waals surface area contributed by atoms with Gasteiger partial charge in [-0.2, -0.15) is 0 Å². The number of phenols is 1. The van der Waals surface area contributed by atoms with Crippen molar-refractivity contribution in [3.63, 3.8) is 0 Å². The first-order valence-corrected chi connectivity index (χ1v) is 9.85. The fourth-order valence-electron chi connectivity index (χ4n) is 5.04. The zero-order chi connectivity index (χ0) is 19.0. The van der Waals surface area contributed by atoms with E-state index in [0.29, 0.717) is 23.5 Å². The predicted molar refractivity (Wildman–Crippen MR) is 106 cm³/mol. The Morgan fingerprint density at radius 1 is 1.11 bits per heavy atom. The number of benzene rings is 2. The lowest BCUT2D eigenvalue weighted by Gasteiger charge is -2.28. The predicted octanol–water partition coefficient (Wildman–Crippen LogP) is 3.73. The zero-order valence-corrected chi connectivity index (χ0v) is 16.1. The summed E-state index contributed by atoms with van der Waals surface area (Å²) in [5.41, 5.74) is 1.52. The quantitative estimate of drug-likeness (QED) is 0.845. The van der Waals surface area contributed by atoms with Gasteiger partial charge >= 0.3 is 0 Å². The van der Waals surface area contributed by atoms with E-state index in [2.05, 4.69) is 11.8 Å². The topological polar surface area (TPSA) is 52.9 Å². The molecule has 4 heteroatoms. The molecular weight excluding hydrogens is 338 g/mol. The van der Waals surface area contributed by atoms with Gasteiger partial charge in [-0.1, -0.05) is 31.2 Å². The Bertz CT molecular complexity index is 774. The van der Waals surface area contributed by atoms with E-state index in [9.17, 15) is 10.2 Å². The summed E-state index contributed by atoms with van der Waals surface area (Å²) in [4.78, 5) is 2.54. The van der Waals surface area contributed by atoms with E-state index in [0.717, 1.165) is 43.8 Å². The summed E-state index contributed by atoms with van der Waals surface area (Å²) in [5.74, 6) is 2.66. The van der Waals surface area contributed by atoms with Crippen LogP contribution in [0.5, 0.6) is 11.5 Å². The first-order chi connectivity index (χ1) is 13.0. The molecule has 0 radical (unpaired) electrons. The van der Waals surface area contributed by atoms with Crippen molar-refractivity contribution in [3.05, 3.63) is 59.7 Å². The second-order valence-electron chi connectivity index (χ2n) is 8.40. The molecule has 0 amide bonds. The van der Waals surface area contributed by atoms with Crippen LogP contribution >= 0.6 is 0 Å². The van der Waals surface area contributed by atoms with Crippen LogP contribution in [0.1, 0.15) is 36.8 Å². The van der Waals surface area contributed by atoms with Gasteiger partial charge in [0, 0.05) is 19.6 Å². The summed E-state index contributed by atoms with van der Waals surface area (Å²) in [6.07, 6.45) is 1.66. The number of fused-ring (bicyclic) bond motifs is 1. The van der Waals surface area contributed by atoms with Gasteiger partial charge in [-0.25, -0.2) is 0 Å². The van der Waals surface area contributed by atoms with Gasteiger partial charge in [-0.3, -0.25) is 0 Å². The van der Waals surface area contributed by atoms with Crippen LogP contribution in [-0.2, 0) is 5.60 Å². The molecule has 0 aromatic heterocycles. The summed E-state index contributed by atoms with van der Waals surface area (Å²) in [7, 11) is 1.67. The van der Waals surface area contributed by atoms with E-state index in [1.165, 1.54) is 5.56 Å². The minimum atomic E-state index is -0.724. The highest BCUT2D eigenvalue weighted by atomic mass is 16.5. The summed E-state index contributed by atoms with van der Waals surface area (Å²) < 4.78 is 5.33. The van der Waals surface area contributed by atoms with E-state index in [1.807, 2.05) is 36.4 Å². The molecule has 1 saturated carbocycles. The van der Waals surface area contributed by atoms with Gasteiger partial charge in [0.1, 0.15) is 11.5 Å². The van der Waals surface area contributed by atoms with Crippen LogP contribution in [0.3, 0.4) is 0 Å². The summed E-state index contributed by atoms with van der Waals surface area (Å²) in [6, 6.07) is 15.4. The Balaban J connectivity index is 1.38. The smallest absolute Gasteiger partial charge is 0.119 e. The Kier molecular flexibility index (Phi) is 4.87. The molecule has 0 spiro atoms. The van der Waals surface area contributed by atoms with Gasteiger partial charge in [-0.15, -0.1) is 0 Å². The summed E-state index contributed by atoms with van der Waals surface area (Å²) in [6.45, 7) is 5.38. The Labute approximate surface area is 161 Å². The zero-order valence-electron chi connectivity index (χ0n) is 16.1. The lowest BCUT2D eigenvalue weighted by Crippen LogP contribution is -2.30. The van der Waals surface area contributed by atoms with Crippen molar-refractivity contribution in [1.82, 2.24) is 4.90 Å². The number of hydrogen-bond acceptors (Lipinski definition) is 4. The van der Waals surface area contributed by atoms with Crippen molar-refractivity contribution in [1.29, 1.82) is 0 Å². The van der Waals surface area contributed by atoms with Crippen LogP contribution in [0, 0.1) is 11.8 Å². The Morgan fingerprint density at radius 3 is 2.41 bits per heavy atom. The van der Waals surface area contributed by atoms with Crippen LogP contribution < -0.4 is 4.74 Å². The normalized spacial score (nSPS) is 28.9. The van der Waals surface area contributed by atoms with E-state index >= 15 is 0 Å². The summed E-state index contributed by atoms with van der Waals surface area (Å²) in [5, 5.41) is 20.7. The molecule has 144 valence electrons. The molecule has 27 heavy (non-hydrogen) atoms. The molecule has 0 bridgehead atoms. The van der Waals surface area contributed by atoms with Gasteiger partial charge < -0.3 is 19.8 Å². The number of rotatable bonds is 5. The molecular formula is C23H29NO3. The first kappa shape index (κ1) is 18.3. The van der Waals surface area contributed by atoms with E-state index in [4.69, 9.17) is 4.74 Å². The van der Waals surface area contributed by atoms with Crippen molar-refractivity contribution in [2.24, 2.45) is 11.8 Å². The molecule has 2 N–H and O–H groups in total. The third kappa shape index (κ3) is 3.69. The number of aliphatic hydroxyl groups is 1. The minimum absolute atomic E-state index is 0.318. The molecule has 2 fully saturated rings. The number of likely N-dealkylation sites (tertiary alicyclic amines) is 1. The Morgan fingerprint density at radius 2 is 1.78 bits per heavy atom. The lowest BCUT2D eigenvalue weighted by molar-refractivity contribution is 0.0310. The number of methoxy groups -OCH3 is 1. The van der Waals surface area contributed by atoms with Crippen molar-refractivity contribution in [3.8, 4) is 11.5 Å². The second-order valence-corrected chi connectivity index (χ2v) is 8.40. The average molecular weight is 367 g/mol. The van der Waals surface area contributed by atoms with Gasteiger partial charge in [0.2, 0.25) is 0 Å². The van der Waals surface area contributed by atoms with E-state index in [-0.39, 0.29) is 0 Å². The van der Waals surface area contributed by atoms with Crippen molar-refractivity contribution in [2.45, 2.75) is 31.3 Å². The van der Waals surface area contributed by atoms with Gasteiger partial charge in [0.15, 0.2) is 0 Å².